The van der Waals surface area contributed by atoms with Gasteiger partial charge in [-0.25, -0.2) is 9.79 Å². The Hall–Kier alpha value is -2.97. The summed E-state index contributed by atoms with van der Waals surface area (Å²) in [6, 6.07) is 12.4. The van der Waals surface area contributed by atoms with Gasteiger partial charge in [-0.1, -0.05) is 55.5 Å². The molecule has 0 spiro atoms. The molecular formula is C26H25BrN2O4S. The lowest BCUT2D eigenvalue weighted by molar-refractivity contribution is -0.139. The molecule has 0 fully saturated rings. The highest BCUT2D eigenvalue weighted by atomic mass is 79.9. The minimum absolute atomic E-state index is 0.123. The number of nitrogens with zero attached hydrogens (tertiary/aromatic N) is 2. The van der Waals surface area contributed by atoms with Gasteiger partial charge in [0, 0.05) is 0 Å². The first-order valence-electron chi connectivity index (χ1n) is 11.0. The highest BCUT2D eigenvalue weighted by molar-refractivity contribution is 9.10. The van der Waals surface area contributed by atoms with Crippen LogP contribution in [0.4, 0.5) is 0 Å². The number of fused-ring (bicyclic) bond motifs is 1. The van der Waals surface area contributed by atoms with Gasteiger partial charge in [0.1, 0.15) is 5.75 Å². The van der Waals surface area contributed by atoms with Crippen LogP contribution in [0.2, 0.25) is 0 Å². The molecule has 0 amide bonds. The number of esters is 1. The van der Waals surface area contributed by atoms with Gasteiger partial charge in [-0.3, -0.25) is 9.36 Å². The van der Waals surface area contributed by atoms with Crippen molar-refractivity contribution in [3.63, 3.8) is 0 Å². The Morgan fingerprint density at radius 3 is 2.59 bits per heavy atom. The summed E-state index contributed by atoms with van der Waals surface area (Å²) in [6.45, 7) is 8.00. The monoisotopic (exact) mass is 540 g/mol. The molecule has 3 aromatic rings. The van der Waals surface area contributed by atoms with E-state index < -0.39 is 12.0 Å². The maximum atomic E-state index is 13.6. The second-order valence-electron chi connectivity index (χ2n) is 8.33. The van der Waals surface area contributed by atoms with Crippen molar-refractivity contribution < 1.29 is 14.6 Å². The van der Waals surface area contributed by atoms with Crippen molar-refractivity contribution in [2.75, 3.05) is 6.61 Å². The minimum Gasteiger partial charge on any atom is -0.507 e. The van der Waals surface area contributed by atoms with Crippen molar-refractivity contribution in [3.8, 4) is 5.75 Å². The fourth-order valence-electron chi connectivity index (χ4n) is 3.93. The zero-order valence-corrected chi connectivity index (χ0v) is 21.7. The van der Waals surface area contributed by atoms with E-state index in [0.717, 1.165) is 11.1 Å². The van der Waals surface area contributed by atoms with Gasteiger partial charge in [0.05, 0.1) is 32.9 Å². The van der Waals surface area contributed by atoms with Crippen LogP contribution in [0.25, 0.3) is 6.08 Å². The lowest BCUT2D eigenvalue weighted by Crippen LogP contribution is -2.39. The fraction of sp³-hybridized carbons (Fsp3) is 0.269. The van der Waals surface area contributed by atoms with Gasteiger partial charge < -0.3 is 9.84 Å². The molecule has 0 radical (unpaired) electrons. The number of thiazole rings is 1. The highest BCUT2D eigenvalue weighted by Crippen LogP contribution is 2.31. The third-order valence-electron chi connectivity index (χ3n) is 5.71. The van der Waals surface area contributed by atoms with Gasteiger partial charge in [-0.2, -0.15) is 0 Å². The van der Waals surface area contributed by atoms with E-state index in [2.05, 4.69) is 34.8 Å². The Kier molecular flexibility index (Phi) is 6.91. The molecule has 2 heterocycles. The van der Waals surface area contributed by atoms with Crippen molar-refractivity contribution in [1.29, 1.82) is 0 Å². The second-order valence-corrected chi connectivity index (χ2v) is 10.2. The van der Waals surface area contributed by atoms with E-state index in [1.807, 2.05) is 24.3 Å². The van der Waals surface area contributed by atoms with E-state index >= 15 is 0 Å². The van der Waals surface area contributed by atoms with Crippen LogP contribution in [0.3, 0.4) is 0 Å². The average Bonchev–Trinajstić information content (AvgIpc) is 3.10. The Labute approximate surface area is 209 Å². The number of phenolic OH excluding ortho intramolecular Hbond substituents is 1. The van der Waals surface area contributed by atoms with Crippen molar-refractivity contribution >= 4 is 39.3 Å². The third-order valence-corrected chi connectivity index (χ3v) is 7.32. The molecule has 1 N–H and O–H groups in total. The number of aromatic hydroxyl groups is 1. The van der Waals surface area contributed by atoms with Gasteiger partial charge in [0.25, 0.3) is 5.56 Å². The van der Waals surface area contributed by atoms with Crippen LogP contribution in [0.15, 0.2) is 68.0 Å². The Morgan fingerprint density at radius 1 is 1.26 bits per heavy atom. The molecule has 0 saturated heterocycles. The van der Waals surface area contributed by atoms with Crippen molar-refractivity contribution in [2.24, 2.45) is 4.99 Å². The number of carbonyl (C=O) groups excluding carboxylic acids is 1. The van der Waals surface area contributed by atoms with Gasteiger partial charge in [-0.15, -0.1) is 0 Å². The first-order chi connectivity index (χ1) is 16.2. The Morgan fingerprint density at radius 2 is 1.97 bits per heavy atom. The number of carbonyl (C=O) groups is 1. The molecule has 4 rings (SSSR count). The molecule has 8 heteroatoms. The Balaban J connectivity index is 1.93. The van der Waals surface area contributed by atoms with Crippen molar-refractivity contribution in [1.82, 2.24) is 4.57 Å². The molecule has 1 aliphatic heterocycles. The predicted molar refractivity (Wildman–Crippen MR) is 137 cm³/mol. The molecule has 34 heavy (non-hydrogen) atoms. The lowest BCUT2D eigenvalue weighted by Gasteiger charge is -2.25. The molecule has 0 aliphatic carbocycles. The molecule has 0 bridgehead atoms. The predicted octanol–water partition coefficient (Wildman–Crippen LogP) is 4.39. The summed E-state index contributed by atoms with van der Waals surface area (Å²) < 4.78 is 7.94. The number of allylic oxidation sites excluding steroid dienone is 1. The van der Waals surface area contributed by atoms with E-state index in [1.165, 1.54) is 16.9 Å². The molecule has 1 atom stereocenters. The summed E-state index contributed by atoms with van der Waals surface area (Å²) >= 11 is 4.58. The largest absolute Gasteiger partial charge is 0.507 e. The smallest absolute Gasteiger partial charge is 0.338 e. The van der Waals surface area contributed by atoms with Gasteiger partial charge in [0.15, 0.2) is 4.80 Å². The van der Waals surface area contributed by atoms with Crippen molar-refractivity contribution in [3.05, 3.63) is 94.6 Å². The second kappa shape index (κ2) is 9.72. The summed E-state index contributed by atoms with van der Waals surface area (Å²) in [6.07, 6.45) is 1.76. The molecule has 1 aromatic heterocycles. The van der Waals surface area contributed by atoms with Crippen LogP contribution in [-0.2, 0) is 9.53 Å². The number of aromatic nitrogens is 1. The topological polar surface area (TPSA) is 80.9 Å². The molecule has 0 saturated carbocycles. The quantitative estimate of drug-likeness (QED) is 0.486. The Bertz CT molecular complexity index is 1470. The van der Waals surface area contributed by atoms with Crippen LogP contribution in [-0.4, -0.2) is 22.2 Å². The van der Waals surface area contributed by atoms with E-state index in [0.29, 0.717) is 31.0 Å². The zero-order valence-electron chi connectivity index (χ0n) is 19.3. The summed E-state index contributed by atoms with van der Waals surface area (Å²) in [7, 11) is 0. The molecule has 1 aliphatic rings. The molecular weight excluding hydrogens is 516 g/mol. The van der Waals surface area contributed by atoms with Gasteiger partial charge in [0.2, 0.25) is 0 Å². The zero-order chi connectivity index (χ0) is 24.6. The normalized spacial score (nSPS) is 15.9. The molecule has 1 unspecified atom stereocenters. The first kappa shape index (κ1) is 24.2. The van der Waals surface area contributed by atoms with Crippen LogP contribution >= 0.6 is 27.3 Å². The van der Waals surface area contributed by atoms with Crippen LogP contribution in [0, 0.1) is 0 Å². The van der Waals surface area contributed by atoms with Crippen LogP contribution < -0.4 is 14.9 Å². The summed E-state index contributed by atoms with van der Waals surface area (Å²) in [5.74, 6) is 0.0130. The van der Waals surface area contributed by atoms with Crippen LogP contribution in [0.1, 0.15) is 56.3 Å². The number of rotatable bonds is 5. The average molecular weight is 541 g/mol. The SMILES string of the molecule is CCOC(=O)C1=C(C)N=c2sc(=Cc3ccc(O)c(Br)c3)c(=O)n2C1c1ccc(C(C)C)cc1. The maximum Gasteiger partial charge on any atom is 0.338 e. The summed E-state index contributed by atoms with van der Waals surface area (Å²) in [5, 5.41) is 9.78. The minimum atomic E-state index is -0.634. The van der Waals surface area contributed by atoms with Crippen molar-refractivity contribution in [2.45, 2.75) is 39.7 Å². The highest BCUT2D eigenvalue weighted by Gasteiger charge is 2.33. The summed E-state index contributed by atoms with van der Waals surface area (Å²) in [5.41, 5.74) is 3.42. The molecule has 176 valence electrons. The summed E-state index contributed by atoms with van der Waals surface area (Å²) in [4.78, 5) is 31.7. The number of halogens is 1. The number of phenols is 1. The van der Waals surface area contributed by atoms with E-state index in [9.17, 15) is 14.7 Å². The first-order valence-corrected chi connectivity index (χ1v) is 12.6. The number of hydrogen-bond donors (Lipinski definition) is 1. The fourth-order valence-corrected chi connectivity index (χ4v) is 5.38. The molecule has 6 nitrogen and oxygen atoms in total. The standard InChI is InChI=1S/C26H25BrN2O4S/c1-5-33-25(32)22-15(4)28-26-29(23(22)18-9-7-17(8-10-18)14(2)3)24(31)21(34-26)13-16-6-11-20(30)19(27)12-16/h6-14,23,30H,5H2,1-4H3. The molecule has 2 aromatic carbocycles. The van der Waals surface area contributed by atoms with E-state index in [-0.39, 0.29) is 17.9 Å². The van der Waals surface area contributed by atoms with E-state index in [1.54, 1.807) is 42.7 Å². The van der Waals surface area contributed by atoms with Gasteiger partial charge in [-0.05, 0) is 70.6 Å². The maximum absolute atomic E-state index is 13.6. The number of hydrogen-bond acceptors (Lipinski definition) is 6. The van der Waals surface area contributed by atoms with Crippen LogP contribution in [0.5, 0.6) is 5.75 Å². The van der Waals surface area contributed by atoms with E-state index in [4.69, 9.17) is 4.74 Å². The lowest BCUT2D eigenvalue weighted by atomic mass is 9.93. The number of benzene rings is 2. The van der Waals surface area contributed by atoms with Gasteiger partial charge >= 0.3 is 5.97 Å². The third kappa shape index (κ3) is 4.52. The number of ether oxygens (including phenoxy) is 1.